The lowest BCUT2D eigenvalue weighted by Crippen LogP contribution is -2.13. The summed E-state index contributed by atoms with van der Waals surface area (Å²) in [6, 6.07) is 6.32. The van der Waals surface area contributed by atoms with E-state index in [1.54, 1.807) is 6.07 Å². The van der Waals surface area contributed by atoms with Crippen molar-refractivity contribution in [2.45, 2.75) is 6.54 Å². The van der Waals surface area contributed by atoms with Gasteiger partial charge in [0.05, 0.1) is 12.1 Å². The van der Waals surface area contributed by atoms with E-state index >= 15 is 0 Å². The molecule has 3 aromatic rings. The fourth-order valence-corrected chi connectivity index (χ4v) is 3.21. The zero-order valence-electron chi connectivity index (χ0n) is 10.1. The quantitative estimate of drug-likeness (QED) is 0.662. The molecule has 0 bridgehead atoms. The van der Waals surface area contributed by atoms with Crippen LogP contribution < -0.4 is 10.9 Å². The Morgan fingerprint density at radius 2 is 2.25 bits per heavy atom. The van der Waals surface area contributed by atoms with Crippen molar-refractivity contribution in [1.29, 1.82) is 0 Å². The lowest BCUT2D eigenvalue weighted by molar-refractivity contribution is 0.627. The van der Waals surface area contributed by atoms with Crippen molar-refractivity contribution in [1.82, 2.24) is 9.97 Å². The Hall–Kier alpha value is -1.48. The van der Waals surface area contributed by atoms with Gasteiger partial charge in [0.2, 0.25) is 0 Å². The number of aromatic amines is 1. The molecular formula is C13H9FIN3OS. The first-order chi connectivity index (χ1) is 9.63. The van der Waals surface area contributed by atoms with Gasteiger partial charge in [0.15, 0.2) is 0 Å². The van der Waals surface area contributed by atoms with Crippen LogP contribution >= 0.6 is 33.9 Å². The average molecular weight is 401 g/mol. The molecule has 1 aromatic carbocycles. The molecule has 0 aliphatic rings. The maximum Gasteiger partial charge on any atom is 0.268 e. The summed E-state index contributed by atoms with van der Waals surface area (Å²) in [5.74, 6) is 0.284. The van der Waals surface area contributed by atoms with Crippen LogP contribution in [-0.2, 0) is 6.54 Å². The maximum absolute atomic E-state index is 13.0. The summed E-state index contributed by atoms with van der Waals surface area (Å²) >= 11 is 3.43. The molecule has 7 heteroatoms. The molecule has 0 amide bonds. The fraction of sp³-hybridized carbons (Fsp3) is 0.0769. The number of aromatic nitrogens is 2. The second kappa shape index (κ2) is 5.49. The summed E-state index contributed by atoms with van der Waals surface area (Å²) in [5.41, 5.74) is 1.38. The van der Waals surface area contributed by atoms with E-state index in [0.717, 1.165) is 9.26 Å². The molecule has 2 N–H and O–H groups in total. The largest absolute Gasteiger partial charge is 0.377 e. The van der Waals surface area contributed by atoms with E-state index in [1.807, 2.05) is 11.4 Å². The van der Waals surface area contributed by atoms with E-state index in [4.69, 9.17) is 0 Å². The Morgan fingerprint density at radius 1 is 1.40 bits per heavy atom. The number of fused-ring (bicyclic) bond motifs is 1. The predicted molar refractivity (Wildman–Crippen MR) is 86.7 cm³/mol. The third kappa shape index (κ3) is 2.68. The van der Waals surface area contributed by atoms with Crippen LogP contribution in [0.15, 0.2) is 34.4 Å². The molecule has 0 unspecified atom stereocenters. The van der Waals surface area contributed by atoms with Gasteiger partial charge in [-0.2, -0.15) is 0 Å². The molecule has 0 aliphatic heterocycles. The molecule has 3 rings (SSSR count). The first-order valence-corrected chi connectivity index (χ1v) is 7.74. The molecular weight excluding hydrogens is 392 g/mol. The summed E-state index contributed by atoms with van der Waals surface area (Å²) in [5, 5.41) is 4.98. The number of benzene rings is 1. The monoisotopic (exact) mass is 401 g/mol. The highest BCUT2D eigenvalue weighted by molar-refractivity contribution is 14.1. The minimum Gasteiger partial charge on any atom is -0.377 e. The van der Waals surface area contributed by atoms with Gasteiger partial charge in [-0.1, -0.05) is 0 Å². The van der Waals surface area contributed by atoms with E-state index < -0.39 is 0 Å². The van der Waals surface area contributed by atoms with Gasteiger partial charge in [0.1, 0.15) is 16.3 Å². The number of anilines is 1. The standard InChI is InChI=1S/C13H9FIN3OS/c14-7-1-2-9(8(15)5-7)16-6-11-17-10-3-4-20-12(10)13(19)18-11/h1-5,16H,6H2,(H,17,18,19). The molecule has 0 radical (unpaired) electrons. The van der Waals surface area contributed by atoms with Gasteiger partial charge in [0, 0.05) is 9.26 Å². The van der Waals surface area contributed by atoms with Crippen molar-refractivity contribution in [3.05, 3.63) is 55.2 Å². The predicted octanol–water partition coefficient (Wildman–Crippen LogP) is 3.34. The third-order valence-electron chi connectivity index (χ3n) is 2.74. The minimum absolute atomic E-state index is 0.129. The van der Waals surface area contributed by atoms with Crippen LogP contribution in [0, 0.1) is 9.39 Å². The van der Waals surface area contributed by atoms with Crippen molar-refractivity contribution < 1.29 is 4.39 Å². The van der Waals surface area contributed by atoms with Gasteiger partial charge in [-0.05, 0) is 52.2 Å². The second-order valence-corrected chi connectivity index (χ2v) is 6.20. The van der Waals surface area contributed by atoms with Crippen LogP contribution in [0.2, 0.25) is 0 Å². The van der Waals surface area contributed by atoms with Gasteiger partial charge in [0.25, 0.3) is 5.56 Å². The molecule has 0 fully saturated rings. The van der Waals surface area contributed by atoms with Gasteiger partial charge in [-0.15, -0.1) is 11.3 Å². The molecule has 0 atom stereocenters. The number of H-pyrrole nitrogens is 1. The van der Waals surface area contributed by atoms with E-state index in [1.165, 1.54) is 23.5 Å². The van der Waals surface area contributed by atoms with Crippen molar-refractivity contribution >= 4 is 49.8 Å². The molecule has 0 saturated heterocycles. The Morgan fingerprint density at radius 3 is 3.05 bits per heavy atom. The first-order valence-electron chi connectivity index (χ1n) is 5.79. The number of halogens is 2. The molecule has 4 nitrogen and oxygen atoms in total. The fourth-order valence-electron chi connectivity index (χ4n) is 1.82. The van der Waals surface area contributed by atoms with Crippen molar-refractivity contribution in [2.75, 3.05) is 5.32 Å². The highest BCUT2D eigenvalue weighted by Crippen LogP contribution is 2.19. The number of nitrogens with zero attached hydrogens (tertiary/aromatic N) is 1. The second-order valence-electron chi connectivity index (χ2n) is 4.13. The van der Waals surface area contributed by atoms with Crippen LogP contribution in [0.4, 0.5) is 10.1 Å². The summed E-state index contributed by atoms with van der Waals surface area (Å²) in [6.07, 6.45) is 0. The van der Waals surface area contributed by atoms with Crippen molar-refractivity contribution in [3.8, 4) is 0 Å². The lowest BCUT2D eigenvalue weighted by Gasteiger charge is -2.08. The number of hydrogen-bond donors (Lipinski definition) is 2. The van der Waals surface area contributed by atoms with Gasteiger partial charge >= 0.3 is 0 Å². The lowest BCUT2D eigenvalue weighted by atomic mass is 10.3. The summed E-state index contributed by atoms with van der Waals surface area (Å²) in [7, 11) is 0. The molecule has 20 heavy (non-hydrogen) atoms. The summed E-state index contributed by atoms with van der Waals surface area (Å²) < 4.78 is 14.4. The SMILES string of the molecule is O=c1[nH]c(CNc2ccc(F)cc2I)nc2ccsc12. The van der Waals surface area contributed by atoms with E-state index in [2.05, 4.69) is 37.9 Å². The Kier molecular flexibility index (Phi) is 3.70. The highest BCUT2D eigenvalue weighted by Gasteiger charge is 2.06. The Labute approximate surface area is 131 Å². The average Bonchev–Trinajstić information content (AvgIpc) is 2.86. The minimum atomic E-state index is -0.272. The van der Waals surface area contributed by atoms with Crippen LogP contribution in [0.1, 0.15) is 5.82 Å². The molecule has 0 aliphatic carbocycles. The normalized spacial score (nSPS) is 10.9. The van der Waals surface area contributed by atoms with Crippen LogP contribution in [0.25, 0.3) is 10.2 Å². The van der Waals surface area contributed by atoms with E-state index in [0.29, 0.717) is 22.6 Å². The van der Waals surface area contributed by atoms with Gasteiger partial charge in [-0.25, -0.2) is 9.37 Å². The molecule has 0 saturated carbocycles. The van der Waals surface area contributed by atoms with Crippen molar-refractivity contribution in [3.63, 3.8) is 0 Å². The maximum atomic E-state index is 13.0. The number of thiophene rings is 1. The Bertz CT molecular complexity index is 830. The van der Waals surface area contributed by atoms with Crippen LogP contribution in [-0.4, -0.2) is 9.97 Å². The topological polar surface area (TPSA) is 57.8 Å². The van der Waals surface area contributed by atoms with Crippen LogP contribution in [0.5, 0.6) is 0 Å². The number of hydrogen-bond acceptors (Lipinski definition) is 4. The number of nitrogens with one attached hydrogen (secondary N) is 2. The molecule has 0 spiro atoms. The first kappa shape index (κ1) is 13.5. The third-order valence-corrected chi connectivity index (χ3v) is 4.54. The zero-order chi connectivity index (χ0) is 14.1. The smallest absolute Gasteiger partial charge is 0.268 e. The summed E-state index contributed by atoms with van der Waals surface area (Å²) in [6.45, 7) is 0.378. The van der Waals surface area contributed by atoms with Gasteiger partial charge < -0.3 is 10.3 Å². The van der Waals surface area contributed by atoms with E-state index in [-0.39, 0.29) is 11.4 Å². The molecule has 102 valence electrons. The van der Waals surface area contributed by atoms with E-state index in [9.17, 15) is 9.18 Å². The summed E-state index contributed by atoms with van der Waals surface area (Å²) in [4.78, 5) is 18.9. The molecule has 2 heterocycles. The zero-order valence-corrected chi connectivity index (χ0v) is 13.1. The van der Waals surface area contributed by atoms with Crippen molar-refractivity contribution in [2.24, 2.45) is 0 Å². The van der Waals surface area contributed by atoms with Gasteiger partial charge in [-0.3, -0.25) is 4.79 Å². The number of rotatable bonds is 3. The van der Waals surface area contributed by atoms with Crippen LogP contribution in [0.3, 0.4) is 0 Å². The Balaban J connectivity index is 1.84. The molecule has 2 aromatic heterocycles. The highest BCUT2D eigenvalue weighted by atomic mass is 127.